The summed E-state index contributed by atoms with van der Waals surface area (Å²) >= 11 is 0. The van der Waals surface area contributed by atoms with E-state index in [1.165, 1.54) is 0 Å². The Kier molecular flexibility index (Phi) is 17.3. The molecule has 22 heteroatoms. The number of aliphatic imine (C=N–C) groups is 1. The first kappa shape index (κ1) is 44.7. The number of aliphatic hydroxyl groups is 6. The van der Waals surface area contributed by atoms with Gasteiger partial charge in [-0.05, 0) is 31.8 Å². The molecule has 4 rings (SSSR count). The molecule has 0 spiro atoms. The van der Waals surface area contributed by atoms with Crippen molar-refractivity contribution in [3.05, 3.63) is 12.2 Å². The first-order chi connectivity index (χ1) is 25.7. The molecule has 21 N–H and O–H groups in total. The fraction of sp³-hybridized carbons (Fsp3) is 0.875. The number of Topliss-reactive ketones (excluding diaryl/α,β-unsaturated/α-hetero) is 1. The molecule has 0 radical (unpaired) electrons. The number of nitrogens with zero attached hydrogens (tertiary/aromatic N) is 1. The van der Waals surface area contributed by atoms with Gasteiger partial charge < -0.3 is 105 Å². The van der Waals surface area contributed by atoms with E-state index in [1.54, 1.807) is 12.2 Å². The van der Waals surface area contributed by atoms with Crippen molar-refractivity contribution in [2.75, 3.05) is 39.3 Å². The second kappa shape index (κ2) is 20.9. The third-order valence-electron chi connectivity index (χ3n) is 10.1. The van der Waals surface area contributed by atoms with Crippen molar-refractivity contribution in [2.45, 2.75) is 130 Å². The molecular formula is C32H61N9O13. The van der Waals surface area contributed by atoms with Crippen molar-refractivity contribution in [1.29, 1.82) is 0 Å². The van der Waals surface area contributed by atoms with E-state index >= 15 is 0 Å². The molecule has 1 aliphatic carbocycles. The molecular weight excluding hydrogens is 718 g/mol. The third-order valence-corrected chi connectivity index (χ3v) is 10.1. The lowest BCUT2D eigenvalue weighted by atomic mass is 9.76. The van der Waals surface area contributed by atoms with Crippen molar-refractivity contribution in [1.82, 2.24) is 5.32 Å². The Hall–Kier alpha value is -2.04. The van der Waals surface area contributed by atoms with Gasteiger partial charge in [0.15, 0.2) is 30.6 Å². The molecule has 0 amide bonds. The number of nitrogens with one attached hydrogen (secondary N) is 1. The molecule has 0 aromatic carbocycles. The van der Waals surface area contributed by atoms with Gasteiger partial charge in [-0.25, -0.2) is 0 Å². The molecule has 0 aromatic heterocycles. The number of nitrogens with two attached hydrogens (primary N) is 7. The average molecular weight is 780 g/mol. The minimum atomic E-state index is -1.65. The number of carbonyl (C=O) groups is 1. The SMILES string of the molecule is NCCCNC[C@@H]1C=C[C@@H](N)[C@@H](O[C@H]2[C@H](O[C@@H]3O[C@H](CO)[C@@H](O[C@H]4O[C@@H](CN)[C@@H](O)[C@H](O)[C@H]4N)[C@H]3O)[C@@H](O)[C@H](CC(=O)C(O)CCN=C(N)N)C[C@@H]2N)O1. The Balaban J connectivity index is 1.53. The summed E-state index contributed by atoms with van der Waals surface area (Å²) < 4.78 is 36.1. The van der Waals surface area contributed by atoms with Gasteiger partial charge in [0.1, 0.15) is 54.9 Å². The number of ketones is 1. The van der Waals surface area contributed by atoms with E-state index in [9.17, 15) is 35.4 Å². The molecule has 2 saturated heterocycles. The second-order valence-corrected chi connectivity index (χ2v) is 14.1. The smallest absolute Gasteiger partial charge is 0.187 e. The molecule has 54 heavy (non-hydrogen) atoms. The monoisotopic (exact) mass is 779 g/mol. The van der Waals surface area contributed by atoms with Crippen LogP contribution in [0, 0.1) is 5.92 Å². The van der Waals surface area contributed by atoms with Crippen LogP contribution in [-0.4, -0.2) is 186 Å². The number of carbonyl (C=O) groups excluding carboxylic acids is 1. The van der Waals surface area contributed by atoms with Gasteiger partial charge in [-0.2, -0.15) is 0 Å². The highest BCUT2D eigenvalue weighted by atomic mass is 16.8. The molecule has 312 valence electrons. The number of hydrogen-bond donors (Lipinski definition) is 14. The van der Waals surface area contributed by atoms with Crippen LogP contribution in [0.5, 0.6) is 0 Å². The first-order valence-electron chi connectivity index (χ1n) is 18.3. The maximum absolute atomic E-state index is 13.1. The lowest BCUT2D eigenvalue weighted by molar-refractivity contribution is -0.286. The zero-order valence-electron chi connectivity index (χ0n) is 30.1. The van der Waals surface area contributed by atoms with Gasteiger partial charge in [0, 0.05) is 38.5 Å². The van der Waals surface area contributed by atoms with Crippen LogP contribution >= 0.6 is 0 Å². The molecule has 0 bridgehead atoms. The summed E-state index contributed by atoms with van der Waals surface area (Å²) in [6.07, 6.45) is -14.1. The van der Waals surface area contributed by atoms with Crippen LogP contribution in [0.3, 0.4) is 0 Å². The molecule has 3 heterocycles. The van der Waals surface area contributed by atoms with Crippen molar-refractivity contribution >= 4 is 11.7 Å². The van der Waals surface area contributed by atoms with Crippen LogP contribution in [0.15, 0.2) is 17.1 Å². The van der Waals surface area contributed by atoms with Gasteiger partial charge in [-0.15, -0.1) is 0 Å². The largest absolute Gasteiger partial charge is 0.394 e. The number of hydrogen-bond acceptors (Lipinski definition) is 20. The Labute approximate surface area is 313 Å². The predicted molar refractivity (Wildman–Crippen MR) is 189 cm³/mol. The molecule has 1 saturated carbocycles. The van der Waals surface area contributed by atoms with Gasteiger partial charge in [-0.3, -0.25) is 9.79 Å². The lowest BCUT2D eigenvalue weighted by Crippen LogP contribution is -2.64. The Bertz CT molecular complexity index is 1220. The standard InChI is InChI=1S/C32H61N9O13/c33-5-1-6-40-11-14-2-3-15(35)29(49-14)52-26-16(36)8-13(9-18(44)17(43)4-7-41-32(38)39)22(45)28(26)54-31-25(48)27(20(12-42)51-31)53-30-21(37)24(47)23(46)19(10-34)50-30/h2-3,13-17,19-31,40,42-43,45-48H,1,4-12,33-37H2,(H4,38,39,41)/t13-,14-,15+,16-,17?,19-,20+,21+,22-,23+,24+,25+,26+,27+,28+,29+,30+,31-/m0/s1. The molecule has 18 atom stereocenters. The van der Waals surface area contributed by atoms with Gasteiger partial charge in [-0.1, -0.05) is 12.2 Å². The summed E-state index contributed by atoms with van der Waals surface area (Å²) in [7, 11) is 0. The molecule has 22 nitrogen and oxygen atoms in total. The van der Waals surface area contributed by atoms with Crippen LogP contribution in [0.25, 0.3) is 0 Å². The fourth-order valence-electron chi connectivity index (χ4n) is 6.97. The summed E-state index contributed by atoms with van der Waals surface area (Å²) in [5.74, 6) is -1.65. The minimum absolute atomic E-state index is 0.00135. The van der Waals surface area contributed by atoms with Gasteiger partial charge in [0.05, 0.1) is 30.9 Å². The fourth-order valence-corrected chi connectivity index (χ4v) is 6.97. The summed E-state index contributed by atoms with van der Waals surface area (Å²) in [5, 5.41) is 67.8. The van der Waals surface area contributed by atoms with E-state index in [2.05, 4.69) is 10.3 Å². The second-order valence-electron chi connectivity index (χ2n) is 14.1. The number of ether oxygens (including phenoxy) is 6. The minimum Gasteiger partial charge on any atom is -0.394 e. The third kappa shape index (κ3) is 11.3. The van der Waals surface area contributed by atoms with Crippen molar-refractivity contribution in [2.24, 2.45) is 51.0 Å². The molecule has 0 aromatic rings. The van der Waals surface area contributed by atoms with E-state index in [0.29, 0.717) is 19.6 Å². The zero-order chi connectivity index (χ0) is 39.7. The van der Waals surface area contributed by atoms with Crippen LogP contribution < -0.4 is 45.5 Å². The van der Waals surface area contributed by atoms with E-state index in [0.717, 1.165) is 6.42 Å². The van der Waals surface area contributed by atoms with E-state index in [-0.39, 0.29) is 38.3 Å². The summed E-state index contributed by atoms with van der Waals surface area (Å²) in [4.78, 5) is 16.8. The highest BCUT2D eigenvalue weighted by Gasteiger charge is 2.54. The number of aliphatic hydroxyl groups excluding tert-OH is 6. The Morgan fingerprint density at radius 3 is 2.22 bits per heavy atom. The van der Waals surface area contributed by atoms with Crippen molar-refractivity contribution < 1.29 is 63.9 Å². The van der Waals surface area contributed by atoms with E-state index in [1.807, 2.05) is 0 Å². The van der Waals surface area contributed by atoms with E-state index < -0.39 is 122 Å². The summed E-state index contributed by atoms with van der Waals surface area (Å²) in [5.41, 5.74) is 41.0. The Morgan fingerprint density at radius 1 is 0.870 bits per heavy atom. The summed E-state index contributed by atoms with van der Waals surface area (Å²) in [6, 6.07) is -2.91. The maximum atomic E-state index is 13.1. The summed E-state index contributed by atoms with van der Waals surface area (Å²) in [6.45, 7) is 0.761. The van der Waals surface area contributed by atoms with Gasteiger partial charge in [0.2, 0.25) is 0 Å². The predicted octanol–water partition coefficient (Wildman–Crippen LogP) is -7.81. The van der Waals surface area contributed by atoms with Crippen LogP contribution in [0.4, 0.5) is 0 Å². The first-order valence-corrected chi connectivity index (χ1v) is 18.3. The quantitative estimate of drug-likeness (QED) is 0.0250. The Morgan fingerprint density at radius 2 is 1.56 bits per heavy atom. The molecule has 4 aliphatic rings. The highest BCUT2D eigenvalue weighted by molar-refractivity contribution is 5.83. The van der Waals surface area contributed by atoms with Crippen molar-refractivity contribution in [3.8, 4) is 0 Å². The maximum Gasteiger partial charge on any atom is 0.187 e. The van der Waals surface area contributed by atoms with Crippen molar-refractivity contribution in [3.63, 3.8) is 0 Å². The van der Waals surface area contributed by atoms with Crippen LogP contribution in [0.1, 0.15) is 25.7 Å². The average Bonchev–Trinajstić information content (AvgIpc) is 3.44. The zero-order valence-corrected chi connectivity index (χ0v) is 30.1. The van der Waals surface area contributed by atoms with E-state index in [4.69, 9.17) is 68.6 Å². The highest BCUT2D eigenvalue weighted by Crippen LogP contribution is 2.37. The molecule has 3 fully saturated rings. The molecule has 3 aliphatic heterocycles. The lowest BCUT2D eigenvalue weighted by Gasteiger charge is -2.46. The topological polar surface area (TPSA) is 400 Å². The van der Waals surface area contributed by atoms with Crippen LogP contribution in [0.2, 0.25) is 0 Å². The van der Waals surface area contributed by atoms with Crippen LogP contribution in [-0.2, 0) is 33.2 Å². The van der Waals surface area contributed by atoms with Gasteiger partial charge in [0.25, 0.3) is 0 Å². The molecule has 1 unspecified atom stereocenters. The number of guanidine groups is 1. The number of rotatable bonds is 19. The normalized spacial score (nSPS) is 41.8. The van der Waals surface area contributed by atoms with Gasteiger partial charge >= 0.3 is 0 Å².